The highest BCUT2D eigenvalue weighted by atomic mass is 16.3. The number of β-amino-alcohol motifs (C(OH)–C–C–N with tert-alkyl or cyclic N) is 1. The number of aliphatic hydroxyl groups excluding tert-OH is 1. The van der Waals surface area contributed by atoms with E-state index in [4.69, 9.17) is 5.73 Å². The van der Waals surface area contributed by atoms with E-state index in [9.17, 15) is 5.11 Å². The Morgan fingerprint density at radius 3 is 2.74 bits per heavy atom. The quantitative estimate of drug-likeness (QED) is 0.784. The monoisotopic (exact) mass is 258 g/mol. The van der Waals surface area contributed by atoms with Crippen molar-refractivity contribution in [2.45, 2.75) is 26.0 Å². The summed E-state index contributed by atoms with van der Waals surface area (Å²) in [7, 11) is 0. The Kier molecular flexibility index (Phi) is 4.98. The van der Waals surface area contributed by atoms with E-state index in [-0.39, 0.29) is 6.10 Å². The lowest BCUT2D eigenvalue weighted by atomic mass is 9.96. The first kappa shape index (κ1) is 14.1. The smallest absolute Gasteiger partial charge is 0.0693 e. The van der Waals surface area contributed by atoms with E-state index < -0.39 is 0 Å². The molecule has 1 aromatic carbocycles. The van der Waals surface area contributed by atoms with Gasteiger partial charge in [0, 0.05) is 18.7 Å². The molecule has 1 heterocycles. The number of nitrogens with two attached hydrogens (primary N) is 1. The maximum atomic E-state index is 9.90. The third kappa shape index (κ3) is 4.07. The molecule has 0 amide bonds. The zero-order valence-electron chi connectivity index (χ0n) is 11.5. The number of hydrogen-bond donors (Lipinski definition) is 2. The van der Waals surface area contributed by atoms with E-state index in [1.807, 2.05) is 12.1 Å². The molecule has 1 aliphatic heterocycles. The molecule has 1 aromatic rings. The molecule has 19 heavy (non-hydrogen) atoms. The van der Waals surface area contributed by atoms with Gasteiger partial charge in [0.1, 0.15) is 0 Å². The van der Waals surface area contributed by atoms with Crippen LogP contribution in [0.15, 0.2) is 24.3 Å². The van der Waals surface area contributed by atoms with Crippen LogP contribution in [0.1, 0.15) is 24.5 Å². The zero-order valence-corrected chi connectivity index (χ0v) is 11.5. The lowest BCUT2D eigenvalue weighted by Crippen LogP contribution is -2.42. The van der Waals surface area contributed by atoms with Gasteiger partial charge in [-0.25, -0.2) is 0 Å². The Labute approximate surface area is 115 Å². The van der Waals surface area contributed by atoms with Gasteiger partial charge in [0.15, 0.2) is 0 Å². The predicted octanol–water partition coefficient (Wildman–Crippen LogP) is 1.20. The highest BCUT2D eigenvalue weighted by molar-refractivity contribution is 5.36. The van der Waals surface area contributed by atoms with Gasteiger partial charge in [-0.2, -0.15) is 0 Å². The van der Waals surface area contributed by atoms with Gasteiger partial charge in [0.25, 0.3) is 0 Å². The molecule has 0 aliphatic carbocycles. The maximum Gasteiger partial charge on any atom is 0.0693 e. The fourth-order valence-electron chi connectivity index (χ4n) is 2.36. The number of hydrogen-bond acceptors (Lipinski definition) is 3. The first-order valence-corrected chi connectivity index (χ1v) is 6.87. The highest BCUT2D eigenvalue weighted by Gasteiger charge is 2.23. The van der Waals surface area contributed by atoms with Crippen LogP contribution in [-0.4, -0.2) is 35.7 Å². The average molecular weight is 258 g/mol. The lowest BCUT2D eigenvalue weighted by molar-refractivity contribution is 0.0259. The minimum absolute atomic E-state index is 0.191. The Hall–Kier alpha value is -1.34. The molecule has 0 aromatic heterocycles. The fourth-order valence-corrected chi connectivity index (χ4v) is 2.36. The summed E-state index contributed by atoms with van der Waals surface area (Å²) in [4.78, 5) is 2.31. The average Bonchev–Trinajstić information content (AvgIpc) is 2.42. The third-order valence-electron chi connectivity index (χ3n) is 3.70. The molecule has 1 aliphatic rings. The van der Waals surface area contributed by atoms with Crippen molar-refractivity contribution in [1.82, 2.24) is 4.90 Å². The molecule has 1 fully saturated rings. The topological polar surface area (TPSA) is 49.5 Å². The second-order valence-corrected chi connectivity index (χ2v) is 5.27. The third-order valence-corrected chi connectivity index (χ3v) is 3.70. The van der Waals surface area contributed by atoms with Gasteiger partial charge in [-0.15, -0.1) is 0 Å². The second kappa shape index (κ2) is 6.72. The molecule has 0 radical (unpaired) electrons. The van der Waals surface area contributed by atoms with Crippen LogP contribution in [0.4, 0.5) is 0 Å². The number of aliphatic hydroxyl groups is 1. The number of benzene rings is 1. The minimum atomic E-state index is -0.191. The molecule has 3 N–H and O–H groups in total. The van der Waals surface area contributed by atoms with E-state index in [2.05, 4.69) is 35.8 Å². The molecule has 0 bridgehead atoms. The number of piperidine rings is 1. The van der Waals surface area contributed by atoms with Crippen LogP contribution < -0.4 is 5.73 Å². The van der Waals surface area contributed by atoms with E-state index >= 15 is 0 Å². The van der Waals surface area contributed by atoms with Crippen molar-refractivity contribution < 1.29 is 5.11 Å². The number of likely N-dealkylation sites (tertiary alicyclic amines) is 1. The van der Waals surface area contributed by atoms with E-state index in [0.29, 0.717) is 12.5 Å². The summed E-state index contributed by atoms with van der Waals surface area (Å²) < 4.78 is 0. The summed E-state index contributed by atoms with van der Waals surface area (Å²) in [6, 6.07) is 8.26. The molecule has 1 saturated heterocycles. The van der Waals surface area contributed by atoms with Gasteiger partial charge in [-0.1, -0.05) is 30.9 Å². The first-order chi connectivity index (χ1) is 9.19. The normalized spacial score (nSPS) is 23.7. The Balaban J connectivity index is 1.92. The van der Waals surface area contributed by atoms with Crippen molar-refractivity contribution in [3.8, 4) is 11.8 Å². The zero-order chi connectivity index (χ0) is 13.7. The summed E-state index contributed by atoms with van der Waals surface area (Å²) in [5, 5.41) is 9.90. The van der Waals surface area contributed by atoms with Crippen LogP contribution in [0, 0.1) is 17.8 Å². The van der Waals surface area contributed by atoms with Crippen LogP contribution in [0.5, 0.6) is 0 Å². The molecule has 2 atom stereocenters. The Bertz CT molecular complexity index is 458. The van der Waals surface area contributed by atoms with Crippen molar-refractivity contribution in [2.75, 3.05) is 19.6 Å². The van der Waals surface area contributed by atoms with Gasteiger partial charge in [0.2, 0.25) is 0 Å². The standard InChI is InChI=1S/C16H22N2O/c1-13-8-10-18(12-16(13)19)11-15-6-4-14(5-7-15)3-2-9-17/h4-7,13,16,19H,8-12,17H2,1H3. The Morgan fingerprint density at radius 2 is 2.11 bits per heavy atom. The van der Waals surface area contributed by atoms with Gasteiger partial charge in [-0.05, 0) is 36.6 Å². The van der Waals surface area contributed by atoms with Gasteiger partial charge < -0.3 is 10.8 Å². The lowest BCUT2D eigenvalue weighted by Gasteiger charge is -2.34. The van der Waals surface area contributed by atoms with Crippen molar-refractivity contribution in [3.63, 3.8) is 0 Å². The number of rotatable bonds is 2. The molecule has 0 saturated carbocycles. The first-order valence-electron chi connectivity index (χ1n) is 6.87. The van der Waals surface area contributed by atoms with Crippen LogP contribution in [0.2, 0.25) is 0 Å². The summed E-state index contributed by atoms with van der Waals surface area (Å²) in [6.07, 6.45) is 0.879. The molecule has 102 valence electrons. The molecule has 2 unspecified atom stereocenters. The molecule has 0 spiro atoms. The highest BCUT2D eigenvalue weighted by Crippen LogP contribution is 2.18. The van der Waals surface area contributed by atoms with Gasteiger partial charge in [0.05, 0.1) is 12.6 Å². The Morgan fingerprint density at radius 1 is 1.37 bits per heavy atom. The SMILES string of the molecule is CC1CCN(Cc2ccc(C#CCN)cc2)CC1O. The number of nitrogens with zero attached hydrogens (tertiary/aromatic N) is 1. The summed E-state index contributed by atoms with van der Waals surface area (Å²) in [6.45, 7) is 5.25. The maximum absolute atomic E-state index is 9.90. The molecule has 3 nitrogen and oxygen atoms in total. The summed E-state index contributed by atoms with van der Waals surface area (Å²) >= 11 is 0. The molecular weight excluding hydrogens is 236 g/mol. The minimum Gasteiger partial charge on any atom is -0.392 e. The van der Waals surface area contributed by atoms with Crippen molar-refractivity contribution >= 4 is 0 Å². The van der Waals surface area contributed by atoms with Crippen LogP contribution in [0.3, 0.4) is 0 Å². The second-order valence-electron chi connectivity index (χ2n) is 5.27. The predicted molar refractivity (Wildman–Crippen MR) is 77.4 cm³/mol. The van der Waals surface area contributed by atoms with Crippen molar-refractivity contribution in [3.05, 3.63) is 35.4 Å². The molecular formula is C16H22N2O. The van der Waals surface area contributed by atoms with Crippen molar-refractivity contribution in [1.29, 1.82) is 0 Å². The summed E-state index contributed by atoms with van der Waals surface area (Å²) in [5.41, 5.74) is 7.62. The van der Waals surface area contributed by atoms with Crippen molar-refractivity contribution in [2.24, 2.45) is 11.7 Å². The molecule has 2 rings (SSSR count). The fraction of sp³-hybridized carbons (Fsp3) is 0.500. The van der Waals surface area contributed by atoms with Gasteiger partial charge in [-0.3, -0.25) is 4.90 Å². The van der Waals surface area contributed by atoms with Gasteiger partial charge >= 0.3 is 0 Å². The summed E-state index contributed by atoms with van der Waals surface area (Å²) in [5.74, 6) is 6.29. The molecule has 3 heteroatoms. The largest absolute Gasteiger partial charge is 0.392 e. The van der Waals surface area contributed by atoms with Crippen LogP contribution >= 0.6 is 0 Å². The van der Waals surface area contributed by atoms with E-state index in [0.717, 1.165) is 31.6 Å². The van der Waals surface area contributed by atoms with Crippen LogP contribution in [0.25, 0.3) is 0 Å². The van der Waals surface area contributed by atoms with E-state index in [1.54, 1.807) is 0 Å². The van der Waals surface area contributed by atoms with Crippen LogP contribution in [-0.2, 0) is 6.54 Å². The van der Waals surface area contributed by atoms with E-state index in [1.165, 1.54) is 5.56 Å².